The van der Waals surface area contributed by atoms with E-state index in [1.54, 1.807) is 12.4 Å². The lowest BCUT2D eigenvalue weighted by Gasteiger charge is -2.11. The second-order valence-corrected chi connectivity index (χ2v) is 5.80. The Morgan fingerprint density at radius 3 is 2.71 bits per heavy atom. The fourth-order valence-electron chi connectivity index (χ4n) is 2.80. The molecule has 0 aliphatic carbocycles. The largest absolute Gasteiger partial charge is 0.339 e. The third-order valence-corrected chi connectivity index (χ3v) is 4.10. The summed E-state index contributed by atoms with van der Waals surface area (Å²) in [5.74, 6) is 0.700. The molecule has 3 heterocycles. The van der Waals surface area contributed by atoms with Crippen LogP contribution in [0.4, 0.5) is 11.5 Å². The van der Waals surface area contributed by atoms with Crippen LogP contribution in [0.25, 0.3) is 16.6 Å². The molecule has 0 saturated carbocycles. The zero-order valence-corrected chi connectivity index (χ0v) is 13.7. The number of nitrogens with one attached hydrogen (secondary N) is 1. The first-order valence-corrected chi connectivity index (χ1v) is 7.88. The van der Waals surface area contributed by atoms with Crippen LogP contribution in [0.5, 0.6) is 0 Å². The molecule has 118 valence electrons. The predicted octanol–water partition coefficient (Wildman–Crippen LogP) is 4.52. The lowest BCUT2D eigenvalue weighted by Crippen LogP contribution is -1.99. The topological polar surface area (TPSA) is 55.6 Å². The molecule has 3 aromatic heterocycles. The van der Waals surface area contributed by atoms with Gasteiger partial charge in [0.1, 0.15) is 0 Å². The average molecular weight is 336 g/mol. The molecule has 0 saturated heterocycles. The highest BCUT2D eigenvalue weighted by molar-refractivity contribution is 6.31. The van der Waals surface area contributed by atoms with Crippen molar-refractivity contribution in [1.29, 1.82) is 0 Å². The number of pyridine rings is 1. The first-order chi connectivity index (χ1) is 11.7. The third kappa shape index (κ3) is 2.59. The molecule has 24 heavy (non-hydrogen) atoms. The number of benzene rings is 1. The number of aryl methyl sites for hydroxylation is 1. The van der Waals surface area contributed by atoms with E-state index in [1.165, 1.54) is 0 Å². The Kier molecular flexibility index (Phi) is 3.63. The van der Waals surface area contributed by atoms with E-state index in [4.69, 9.17) is 11.6 Å². The molecule has 6 heteroatoms. The Hall–Kier alpha value is -2.92. The predicted molar refractivity (Wildman–Crippen MR) is 96.1 cm³/mol. The third-order valence-electron chi connectivity index (χ3n) is 3.81. The van der Waals surface area contributed by atoms with Crippen LogP contribution in [0.2, 0.25) is 5.15 Å². The minimum Gasteiger partial charge on any atom is -0.339 e. The van der Waals surface area contributed by atoms with Gasteiger partial charge in [0.15, 0.2) is 11.0 Å². The van der Waals surface area contributed by atoms with Crippen molar-refractivity contribution in [3.05, 3.63) is 71.8 Å². The van der Waals surface area contributed by atoms with Crippen molar-refractivity contribution in [3.63, 3.8) is 0 Å². The quantitative estimate of drug-likeness (QED) is 0.559. The summed E-state index contributed by atoms with van der Waals surface area (Å²) in [6, 6.07) is 15.9. The summed E-state index contributed by atoms with van der Waals surface area (Å²) in [5, 5.41) is 12.8. The number of anilines is 2. The van der Waals surface area contributed by atoms with Gasteiger partial charge in [-0.15, -0.1) is 5.10 Å². The van der Waals surface area contributed by atoms with Crippen molar-refractivity contribution in [2.45, 2.75) is 6.92 Å². The van der Waals surface area contributed by atoms with Crippen LogP contribution in [0.3, 0.4) is 0 Å². The number of hydrogen-bond donors (Lipinski definition) is 1. The van der Waals surface area contributed by atoms with Crippen molar-refractivity contribution >= 4 is 34.0 Å². The highest BCUT2D eigenvalue weighted by atomic mass is 35.5. The molecule has 5 nitrogen and oxygen atoms in total. The molecule has 0 atom stereocenters. The number of fused-ring (bicyclic) bond motifs is 1. The van der Waals surface area contributed by atoms with Crippen molar-refractivity contribution in [2.75, 3.05) is 5.32 Å². The molecule has 0 radical (unpaired) electrons. The minimum atomic E-state index is 0.477. The lowest BCUT2D eigenvalue weighted by atomic mass is 10.2. The van der Waals surface area contributed by atoms with Crippen LogP contribution in [-0.4, -0.2) is 19.7 Å². The first kappa shape index (κ1) is 14.7. The van der Waals surface area contributed by atoms with Crippen molar-refractivity contribution < 1.29 is 0 Å². The number of nitrogens with zero attached hydrogens (tertiary/aromatic N) is 4. The van der Waals surface area contributed by atoms with Crippen molar-refractivity contribution in [1.82, 2.24) is 19.7 Å². The van der Waals surface area contributed by atoms with Crippen LogP contribution in [0.1, 0.15) is 5.69 Å². The Labute approximate surface area is 143 Å². The van der Waals surface area contributed by atoms with Crippen LogP contribution < -0.4 is 5.32 Å². The number of hydrogen-bond acceptors (Lipinski definition) is 4. The van der Waals surface area contributed by atoms with E-state index in [0.717, 1.165) is 28.0 Å². The van der Waals surface area contributed by atoms with E-state index in [-0.39, 0.29) is 0 Å². The molecule has 0 bridgehead atoms. The first-order valence-electron chi connectivity index (χ1n) is 7.50. The summed E-state index contributed by atoms with van der Waals surface area (Å²) in [5.41, 5.74) is 3.94. The van der Waals surface area contributed by atoms with Gasteiger partial charge in [-0.1, -0.05) is 17.7 Å². The summed E-state index contributed by atoms with van der Waals surface area (Å²) in [6.45, 7) is 2.05. The molecular weight excluding hydrogens is 322 g/mol. The van der Waals surface area contributed by atoms with Crippen molar-refractivity contribution in [2.24, 2.45) is 0 Å². The summed E-state index contributed by atoms with van der Waals surface area (Å²) in [7, 11) is 0. The smallest absolute Gasteiger partial charge is 0.153 e. The second kappa shape index (κ2) is 5.94. The maximum atomic E-state index is 6.29. The average Bonchev–Trinajstić information content (AvgIpc) is 2.92. The van der Waals surface area contributed by atoms with Crippen LogP contribution in [-0.2, 0) is 0 Å². The van der Waals surface area contributed by atoms with Gasteiger partial charge in [-0.3, -0.25) is 0 Å². The maximum absolute atomic E-state index is 6.29. The fourth-order valence-corrected chi connectivity index (χ4v) is 3.00. The van der Waals surface area contributed by atoms with E-state index >= 15 is 0 Å². The van der Waals surface area contributed by atoms with Gasteiger partial charge >= 0.3 is 0 Å². The van der Waals surface area contributed by atoms with Crippen LogP contribution in [0.15, 0.2) is 60.9 Å². The molecule has 0 amide bonds. The summed E-state index contributed by atoms with van der Waals surface area (Å²) in [6.07, 6.45) is 3.33. The Bertz CT molecular complexity index is 1010. The van der Waals surface area contributed by atoms with Crippen molar-refractivity contribution in [3.8, 4) is 5.69 Å². The molecule has 0 fully saturated rings. The second-order valence-electron chi connectivity index (χ2n) is 5.44. The highest BCUT2D eigenvalue weighted by Crippen LogP contribution is 2.29. The van der Waals surface area contributed by atoms with E-state index in [2.05, 4.69) is 50.2 Å². The Morgan fingerprint density at radius 2 is 1.92 bits per heavy atom. The zero-order chi connectivity index (χ0) is 16.5. The van der Waals surface area contributed by atoms with Gasteiger partial charge in [0, 0.05) is 29.2 Å². The Morgan fingerprint density at radius 1 is 1.04 bits per heavy atom. The Balaban J connectivity index is 1.84. The molecule has 0 aliphatic heterocycles. The standard InChI is InChI=1S/C18H14ClN5/c1-12-10-13-6-7-14(22-17-5-3-9-21-23-17)11-16(13)24(12)15-4-2-8-20-18(15)19/h2-11H,1H3,(H,22,23). The number of halogens is 1. The van der Waals surface area contributed by atoms with Crippen LogP contribution in [0, 0.1) is 6.92 Å². The number of aromatic nitrogens is 4. The summed E-state index contributed by atoms with van der Waals surface area (Å²) >= 11 is 6.29. The van der Waals surface area contributed by atoms with Gasteiger partial charge in [-0.25, -0.2) is 4.98 Å². The zero-order valence-electron chi connectivity index (χ0n) is 12.9. The van der Waals surface area contributed by atoms with Gasteiger partial charge < -0.3 is 9.88 Å². The maximum Gasteiger partial charge on any atom is 0.153 e. The van der Waals surface area contributed by atoms with Gasteiger partial charge in [0.05, 0.1) is 11.2 Å². The molecule has 1 N–H and O–H groups in total. The van der Waals surface area contributed by atoms with Gasteiger partial charge in [0.25, 0.3) is 0 Å². The SMILES string of the molecule is Cc1cc2ccc(Nc3cccnn3)cc2n1-c1cccnc1Cl. The minimum absolute atomic E-state index is 0.477. The van der Waals surface area contributed by atoms with E-state index in [9.17, 15) is 0 Å². The lowest BCUT2D eigenvalue weighted by molar-refractivity contribution is 1.03. The van der Waals surface area contributed by atoms with Gasteiger partial charge in [0.2, 0.25) is 0 Å². The van der Waals surface area contributed by atoms with E-state index in [0.29, 0.717) is 11.0 Å². The van der Waals surface area contributed by atoms with Gasteiger partial charge in [-0.2, -0.15) is 5.10 Å². The van der Waals surface area contributed by atoms with Gasteiger partial charge in [-0.05, 0) is 49.4 Å². The number of rotatable bonds is 3. The molecule has 0 unspecified atom stereocenters. The highest BCUT2D eigenvalue weighted by Gasteiger charge is 2.11. The van der Waals surface area contributed by atoms with E-state index in [1.807, 2.05) is 30.3 Å². The monoisotopic (exact) mass is 335 g/mol. The molecule has 0 aliphatic rings. The summed E-state index contributed by atoms with van der Waals surface area (Å²) < 4.78 is 2.10. The molecule has 4 aromatic rings. The molecule has 0 spiro atoms. The molecule has 1 aromatic carbocycles. The molecule has 4 rings (SSSR count). The van der Waals surface area contributed by atoms with Crippen LogP contribution >= 0.6 is 11.6 Å². The van der Waals surface area contributed by atoms with E-state index < -0.39 is 0 Å². The normalized spacial score (nSPS) is 10.9. The summed E-state index contributed by atoms with van der Waals surface area (Å²) in [4.78, 5) is 4.18. The fraction of sp³-hybridized carbons (Fsp3) is 0.0556. The molecular formula is C18H14ClN5.